The maximum atomic E-state index is 11.6. The summed E-state index contributed by atoms with van der Waals surface area (Å²) in [5.74, 6) is 0.177. The molecule has 2 aromatic rings. The van der Waals surface area contributed by atoms with E-state index < -0.39 is 0 Å². The van der Waals surface area contributed by atoms with Crippen molar-refractivity contribution in [3.63, 3.8) is 0 Å². The van der Waals surface area contributed by atoms with E-state index in [2.05, 4.69) is 20.5 Å². The van der Waals surface area contributed by atoms with Crippen LogP contribution in [-0.4, -0.2) is 26.8 Å². The van der Waals surface area contributed by atoms with Gasteiger partial charge in [0.15, 0.2) is 5.16 Å². The summed E-state index contributed by atoms with van der Waals surface area (Å²) in [6, 6.07) is 6.98. The minimum atomic E-state index is -0.101. The molecule has 1 amide bonds. The highest BCUT2D eigenvalue weighted by Gasteiger charge is 2.04. The number of carbonyl (C=O) groups is 1. The van der Waals surface area contributed by atoms with E-state index in [9.17, 15) is 4.79 Å². The second-order valence-corrected chi connectivity index (χ2v) is 4.21. The van der Waals surface area contributed by atoms with Gasteiger partial charge >= 0.3 is 0 Å². The van der Waals surface area contributed by atoms with Crippen LogP contribution in [0.1, 0.15) is 0 Å². The molecule has 1 heterocycles. The fourth-order valence-electron chi connectivity index (χ4n) is 1.16. The van der Waals surface area contributed by atoms with Gasteiger partial charge in [-0.15, -0.1) is 0 Å². The van der Waals surface area contributed by atoms with Gasteiger partial charge in [-0.25, -0.2) is 4.98 Å². The Balaban J connectivity index is 1.83. The standard InChI is InChI=1S/C10H11N5OS/c11-7-1-3-8(4-2-7)14-9(16)5-17-10-12-6-13-15-10/h1-4,6H,5,11H2,(H,14,16)(H,12,13,15). The molecule has 0 atom stereocenters. The Morgan fingerprint density at radius 2 is 2.18 bits per heavy atom. The quantitative estimate of drug-likeness (QED) is 0.557. The number of benzene rings is 1. The van der Waals surface area contributed by atoms with E-state index in [1.807, 2.05) is 0 Å². The summed E-state index contributed by atoms with van der Waals surface area (Å²) < 4.78 is 0. The Labute approximate surface area is 102 Å². The van der Waals surface area contributed by atoms with E-state index in [1.165, 1.54) is 18.1 Å². The number of amides is 1. The summed E-state index contributed by atoms with van der Waals surface area (Å²) in [4.78, 5) is 15.5. The first-order chi connectivity index (χ1) is 8.24. The number of carbonyl (C=O) groups excluding carboxylic acids is 1. The van der Waals surface area contributed by atoms with Crippen LogP contribution in [-0.2, 0) is 4.79 Å². The number of rotatable bonds is 4. The molecule has 2 rings (SSSR count). The monoisotopic (exact) mass is 249 g/mol. The predicted octanol–water partition coefficient (Wildman–Crippen LogP) is 1.12. The summed E-state index contributed by atoms with van der Waals surface area (Å²) in [6.07, 6.45) is 1.40. The highest BCUT2D eigenvalue weighted by molar-refractivity contribution is 7.99. The normalized spacial score (nSPS) is 10.1. The number of H-pyrrole nitrogens is 1. The molecule has 0 radical (unpaired) electrons. The molecule has 17 heavy (non-hydrogen) atoms. The van der Waals surface area contributed by atoms with Crippen LogP contribution >= 0.6 is 11.8 Å². The van der Waals surface area contributed by atoms with Crippen LogP contribution in [0.5, 0.6) is 0 Å². The van der Waals surface area contributed by atoms with E-state index in [-0.39, 0.29) is 11.7 Å². The van der Waals surface area contributed by atoms with Gasteiger partial charge in [0.1, 0.15) is 6.33 Å². The van der Waals surface area contributed by atoms with Gasteiger partial charge in [0.25, 0.3) is 0 Å². The first-order valence-corrected chi connectivity index (χ1v) is 5.86. The van der Waals surface area contributed by atoms with Crippen molar-refractivity contribution in [2.24, 2.45) is 0 Å². The van der Waals surface area contributed by atoms with E-state index in [1.54, 1.807) is 24.3 Å². The number of nitrogen functional groups attached to an aromatic ring is 1. The molecule has 1 aromatic carbocycles. The molecule has 7 heteroatoms. The maximum absolute atomic E-state index is 11.6. The zero-order valence-electron chi connectivity index (χ0n) is 8.88. The molecule has 0 saturated heterocycles. The van der Waals surface area contributed by atoms with Crippen LogP contribution in [0, 0.1) is 0 Å². The summed E-state index contributed by atoms with van der Waals surface area (Å²) >= 11 is 1.29. The van der Waals surface area contributed by atoms with Gasteiger partial charge in [0, 0.05) is 11.4 Å². The number of hydrogen-bond acceptors (Lipinski definition) is 5. The number of nitrogens with zero attached hydrogens (tertiary/aromatic N) is 2. The Kier molecular flexibility index (Phi) is 3.61. The van der Waals surface area contributed by atoms with Crippen LogP contribution in [0.15, 0.2) is 35.7 Å². The van der Waals surface area contributed by atoms with Crippen molar-refractivity contribution in [1.82, 2.24) is 15.2 Å². The molecule has 0 aliphatic rings. The Hall–Kier alpha value is -2.02. The van der Waals surface area contributed by atoms with E-state index in [0.29, 0.717) is 10.8 Å². The van der Waals surface area contributed by atoms with Crippen molar-refractivity contribution in [2.45, 2.75) is 5.16 Å². The number of aromatic nitrogens is 3. The number of nitrogens with one attached hydrogen (secondary N) is 2. The van der Waals surface area contributed by atoms with Crippen LogP contribution in [0.25, 0.3) is 0 Å². The van der Waals surface area contributed by atoms with Crippen molar-refractivity contribution in [2.75, 3.05) is 16.8 Å². The highest BCUT2D eigenvalue weighted by atomic mass is 32.2. The van der Waals surface area contributed by atoms with E-state index in [0.717, 1.165) is 5.69 Å². The van der Waals surface area contributed by atoms with Gasteiger partial charge in [-0.1, -0.05) is 11.8 Å². The topological polar surface area (TPSA) is 96.7 Å². The lowest BCUT2D eigenvalue weighted by atomic mass is 10.3. The molecular weight excluding hydrogens is 238 g/mol. The third-order valence-electron chi connectivity index (χ3n) is 1.93. The second kappa shape index (κ2) is 5.35. The van der Waals surface area contributed by atoms with Gasteiger partial charge in [-0.05, 0) is 24.3 Å². The first-order valence-electron chi connectivity index (χ1n) is 4.87. The Morgan fingerprint density at radius 1 is 1.41 bits per heavy atom. The maximum Gasteiger partial charge on any atom is 0.234 e. The minimum absolute atomic E-state index is 0.101. The average molecular weight is 249 g/mol. The average Bonchev–Trinajstić information content (AvgIpc) is 2.83. The van der Waals surface area contributed by atoms with Gasteiger partial charge in [0.05, 0.1) is 5.75 Å². The number of anilines is 2. The molecule has 88 valence electrons. The van der Waals surface area contributed by atoms with E-state index >= 15 is 0 Å². The van der Waals surface area contributed by atoms with Crippen molar-refractivity contribution in [3.8, 4) is 0 Å². The molecule has 4 N–H and O–H groups in total. The number of nitrogens with two attached hydrogens (primary N) is 1. The molecule has 6 nitrogen and oxygen atoms in total. The van der Waals surface area contributed by atoms with Crippen LogP contribution in [0.3, 0.4) is 0 Å². The lowest BCUT2D eigenvalue weighted by molar-refractivity contribution is -0.113. The van der Waals surface area contributed by atoms with Gasteiger partial charge < -0.3 is 11.1 Å². The van der Waals surface area contributed by atoms with E-state index in [4.69, 9.17) is 5.73 Å². The second-order valence-electron chi connectivity index (χ2n) is 3.25. The Bertz CT molecular complexity index is 482. The molecule has 0 saturated carbocycles. The number of hydrogen-bond donors (Lipinski definition) is 3. The largest absolute Gasteiger partial charge is 0.399 e. The summed E-state index contributed by atoms with van der Waals surface area (Å²) in [7, 11) is 0. The van der Waals surface area contributed by atoms with Crippen LogP contribution in [0.4, 0.5) is 11.4 Å². The van der Waals surface area contributed by atoms with Gasteiger partial charge in [-0.2, -0.15) is 5.10 Å². The SMILES string of the molecule is Nc1ccc(NC(=O)CSc2ncn[nH]2)cc1. The first kappa shape index (κ1) is 11.5. The van der Waals surface area contributed by atoms with Crippen molar-refractivity contribution in [3.05, 3.63) is 30.6 Å². The van der Waals surface area contributed by atoms with Crippen LogP contribution < -0.4 is 11.1 Å². The summed E-state index contributed by atoms with van der Waals surface area (Å²) in [6.45, 7) is 0. The lowest BCUT2D eigenvalue weighted by Gasteiger charge is -2.04. The third-order valence-corrected chi connectivity index (χ3v) is 2.80. The van der Waals surface area contributed by atoms with Crippen LogP contribution in [0.2, 0.25) is 0 Å². The molecule has 0 unspecified atom stereocenters. The zero-order valence-corrected chi connectivity index (χ0v) is 9.70. The van der Waals surface area contributed by atoms with Crippen molar-refractivity contribution < 1.29 is 4.79 Å². The number of thioether (sulfide) groups is 1. The smallest absolute Gasteiger partial charge is 0.234 e. The molecule has 0 bridgehead atoms. The van der Waals surface area contributed by atoms with Gasteiger partial charge in [-0.3, -0.25) is 9.89 Å². The fourth-order valence-corrected chi connectivity index (χ4v) is 1.74. The summed E-state index contributed by atoms with van der Waals surface area (Å²) in [5.41, 5.74) is 6.93. The van der Waals surface area contributed by atoms with Gasteiger partial charge in [0.2, 0.25) is 5.91 Å². The predicted molar refractivity (Wildman–Crippen MR) is 66.6 cm³/mol. The number of aromatic amines is 1. The highest BCUT2D eigenvalue weighted by Crippen LogP contribution is 2.13. The molecule has 0 aliphatic heterocycles. The fraction of sp³-hybridized carbons (Fsp3) is 0.100. The lowest BCUT2D eigenvalue weighted by Crippen LogP contribution is -2.14. The molecule has 0 fully saturated rings. The minimum Gasteiger partial charge on any atom is -0.399 e. The zero-order chi connectivity index (χ0) is 12.1. The molecular formula is C10H11N5OS. The summed E-state index contributed by atoms with van der Waals surface area (Å²) in [5, 5.41) is 9.74. The third kappa shape index (κ3) is 3.49. The molecule has 0 aliphatic carbocycles. The Morgan fingerprint density at radius 3 is 2.82 bits per heavy atom. The van der Waals surface area contributed by atoms with Crippen molar-refractivity contribution >= 4 is 29.0 Å². The molecule has 1 aromatic heterocycles. The molecule has 0 spiro atoms. The van der Waals surface area contributed by atoms with Crippen molar-refractivity contribution in [1.29, 1.82) is 0 Å².